The highest BCUT2D eigenvalue weighted by molar-refractivity contribution is 14.1. The molecule has 4 nitrogen and oxygen atoms in total. The second-order valence-electron chi connectivity index (χ2n) is 5.98. The Bertz CT molecular complexity index is 885. The minimum Gasteiger partial charge on any atom is -0.355 e. The lowest BCUT2D eigenvalue weighted by molar-refractivity contribution is 0.632. The van der Waals surface area contributed by atoms with Gasteiger partial charge in [-0.1, -0.05) is 70.3 Å². The van der Waals surface area contributed by atoms with Crippen molar-refractivity contribution in [2.75, 3.05) is 4.90 Å². The highest BCUT2D eigenvalue weighted by Gasteiger charge is 2.27. The molecule has 122 valence electrons. The average molecular weight is 430 g/mol. The van der Waals surface area contributed by atoms with Crippen LogP contribution < -0.4 is 4.90 Å². The van der Waals surface area contributed by atoms with Crippen LogP contribution in [0.4, 0.5) is 5.69 Å². The van der Waals surface area contributed by atoms with Crippen LogP contribution in [0.2, 0.25) is 0 Å². The molecule has 2 aromatic carbocycles. The van der Waals surface area contributed by atoms with E-state index in [4.69, 9.17) is 0 Å². The molecule has 5 heteroatoms. The van der Waals surface area contributed by atoms with Gasteiger partial charge in [-0.2, -0.15) is 0 Å². The van der Waals surface area contributed by atoms with Crippen molar-refractivity contribution >= 4 is 28.3 Å². The van der Waals surface area contributed by atoms with Crippen LogP contribution >= 0.6 is 22.6 Å². The number of rotatable bonds is 2. The van der Waals surface area contributed by atoms with Crippen molar-refractivity contribution in [2.45, 2.75) is 31.0 Å². The Morgan fingerprint density at radius 1 is 1.08 bits per heavy atom. The first-order chi connectivity index (χ1) is 11.7. The Hall–Kier alpha value is -1.89. The summed E-state index contributed by atoms with van der Waals surface area (Å²) in [5.41, 5.74) is 7.02. The maximum atomic E-state index is 4.55. The Balaban J connectivity index is 2.08. The molecule has 3 aromatic rings. The van der Waals surface area contributed by atoms with Gasteiger partial charge in [0.1, 0.15) is 5.69 Å². The van der Waals surface area contributed by atoms with Gasteiger partial charge in [-0.15, -0.1) is 5.10 Å². The molecule has 0 radical (unpaired) electrons. The molecule has 1 aliphatic rings. The summed E-state index contributed by atoms with van der Waals surface area (Å²) in [7, 11) is 0. The number of para-hydroxylation sites is 1. The molecule has 1 aromatic heterocycles. The molecule has 1 unspecified atom stereocenters. The van der Waals surface area contributed by atoms with Crippen LogP contribution in [0, 0.1) is 0 Å². The maximum Gasteiger partial charge on any atom is 0.123 e. The zero-order valence-electron chi connectivity index (χ0n) is 13.8. The lowest BCUT2D eigenvalue weighted by Gasteiger charge is -2.32. The zero-order valence-corrected chi connectivity index (χ0v) is 15.9. The summed E-state index contributed by atoms with van der Waals surface area (Å²) in [4.78, 5) is 2.43. The van der Waals surface area contributed by atoms with Gasteiger partial charge in [0.15, 0.2) is 0 Å². The molecule has 0 saturated heterocycles. The molecule has 24 heavy (non-hydrogen) atoms. The van der Waals surface area contributed by atoms with Gasteiger partial charge < -0.3 is 4.90 Å². The second-order valence-corrected chi connectivity index (χ2v) is 7.78. The van der Waals surface area contributed by atoms with Crippen molar-refractivity contribution in [1.82, 2.24) is 15.0 Å². The summed E-state index contributed by atoms with van der Waals surface area (Å²) >= 11 is 2.48. The Kier molecular flexibility index (Phi) is 4.04. The fourth-order valence-electron chi connectivity index (χ4n) is 3.38. The van der Waals surface area contributed by atoms with Gasteiger partial charge in [-0.3, -0.25) is 0 Å². The van der Waals surface area contributed by atoms with Gasteiger partial charge in [0, 0.05) is 29.9 Å². The van der Waals surface area contributed by atoms with Crippen LogP contribution in [0.1, 0.15) is 19.4 Å². The average Bonchev–Trinajstić information content (AvgIpc) is 3.01. The topological polar surface area (TPSA) is 34.0 Å². The van der Waals surface area contributed by atoms with E-state index >= 15 is 0 Å². The first-order valence-corrected chi connectivity index (χ1v) is 9.47. The molecular weight excluding hydrogens is 411 g/mol. The normalized spacial score (nSPS) is 14.2. The smallest absolute Gasteiger partial charge is 0.123 e. The number of halogens is 1. The number of aryl methyl sites for hydroxylation is 1. The monoisotopic (exact) mass is 430 g/mol. The third-order valence-electron chi connectivity index (χ3n) is 4.55. The van der Waals surface area contributed by atoms with Crippen LogP contribution in [-0.4, -0.2) is 19.0 Å². The van der Waals surface area contributed by atoms with E-state index in [1.807, 2.05) is 4.68 Å². The first-order valence-electron chi connectivity index (χ1n) is 8.22. The number of fused-ring (bicyclic) bond motifs is 5. The van der Waals surface area contributed by atoms with E-state index in [-0.39, 0.29) is 0 Å². The third kappa shape index (κ3) is 2.42. The van der Waals surface area contributed by atoms with E-state index < -0.39 is 0 Å². The summed E-state index contributed by atoms with van der Waals surface area (Å²) in [6.07, 6.45) is 0. The van der Waals surface area contributed by atoms with Gasteiger partial charge in [0.25, 0.3) is 0 Å². The highest BCUT2D eigenvalue weighted by atomic mass is 127. The van der Waals surface area contributed by atoms with E-state index in [0.717, 1.165) is 30.0 Å². The van der Waals surface area contributed by atoms with Gasteiger partial charge in [-0.05, 0) is 25.5 Å². The minimum absolute atomic E-state index is 0.375. The summed E-state index contributed by atoms with van der Waals surface area (Å²) in [5, 5.41) is 8.96. The fraction of sp³-hybridized carbons (Fsp3) is 0.263. The van der Waals surface area contributed by atoms with E-state index in [1.165, 1.54) is 16.8 Å². The Morgan fingerprint density at radius 3 is 2.54 bits per heavy atom. The summed E-state index contributed by atoms with van der Waals surface area (Å²) in [6.45, 7) is 6.03. The van der Waals surface area contributed by atoms with Crippen LogP contribution in [0.3, 0.4) is 0 Å². The Morgan fingerprint density at radius 2 is 1.79 bits per heavy atom. The van der Waals surface area contributed by atoms with Crippen molar-refractivity contribution in [3.05, 3.63) is 54.1 Å². The molecule has 1 atom stereocenters. The highest BCUT2D eigenvalue weighted by Crippen LogP contribution is 2.41. The summed E-state index contributed by atoms with van der Waals surface area (Å²) in [5.74, 6) is 0. The fourth-order valence-corrected chi connectivity index (χ4v) is 3.88. The Labute approximate surface area is 155 Å². The number of hydrogen-bond acceptors (Lipinski definition) is 3. The van der Waals surface area contributed by atoms with Gasteiger partial charge in [-0.25, -0.2) is 4.68 Å². The molecule has 0 N–H and O–H groups in total. The van der Waals surface area contributed by atoms with E-state index in [9.17, 15) is 0 Å². The SMILES string of the molecule is CCn1nnc2c1-c1ccccc1CN(C(C)I)c1ccccc1-2. The van der Waals surface area contributed by atoms with Crippen LogP contribution in [0.25, 0.3) is 22.5 Å². The van der Waals surface area contributed by atoms with E-state index in [1.54, 1.807) is 0 Å². The van der Waals surface area contributed by atoms with Gasteiger partial charge >= 0.3 is 0 Å². The molecule has 0 saturated carbocycles. The van der Waals surface area contributed by atoms with Gasteiger partial charge in [0.2, 0.25) is 0 Å². The van der Waals surface area contributed by atoms with Crippen molar-refractivity contribution in [3.8, 4) is 22.5 Å². The predicted molar refractivity (Wildman–Crippen MR) is 106 cm³/mol. The molecule has 0 bridgehead atoms. The molecule has 0 spiro atoms. The van der Waals surface area contributed by atoms with E-state index in [0.29, 0.717) is 4.05 Å². The molecule has 2 heterocycles. The third-order valence-corrected chi connectivity index (χ3v) is 5.22. The van der Waals surface area contributed by atoms with Crippen molar-refractivity contribution in [3.63, 3.8) is 0 Å². The lowest BCUT2D eigenvalue weighted by atomic mass is 9.95. The lowest BCUT2D eigenvalue weighted by Crippen LogP contribution is -2.29. The standard InChI is InChI=1S/C19H19IN4/c1-3-24-19-15-9-5-4-8-14(15)12-23(13(2)20)17-11-7-6-10-16(17)18(19)21-22-24/h4-11,13H,3,12H2,1-2H3. The molecule has 0 aliphatic carbocycles. The van der Waals surface area contributed by atoms with Crippen LogP contribution in [0.15, 0.2) is 48.5 Å². The number of nitrogens with zero attached hydrogens (tertiary/aromatic N) is 4. The zero-order chi connectivity index (χ0) is 16.7. The molecule has 0 fully saturated rings. The summed E-state index contributed by atoms with van der Waals surface area (Å²) < 4.78 is 2.38. The quantitative estimate of drug-likeness (QED) is 0.335. The molecular formula is C19H19IN4. The van der Waals surface area contributed by atoms with Crippen LogP contribution in [-0.2, 0) is 13.1 Å². The molecule has 1 aliphatic heterocycles. The number of alkyl halides is 1. The minimum atomic E-state index is 0.375. The van der Waals surface area contributed by atoms with Crippen molar-refractivity contribution < 1.29 is 0 Å². The van der Waals surface area contributed by atoms with Crippen LogP contribution in [0.5, 0.6) is 0 Å². The van der Waals surface area contributed by atoms with Gasteiger partial charge in [0.05, 0.1) is 9.74 Å². The number of benzene rings is 2. The van der Waals surface area contributed by atoms with E-state index in [2.05, 4.69) is 100 Å². The summed E-state index contributed by atoms with van der Waals surface area (Å²) in [6, 6.07) is 17.1. The van der Waals surface area contributed by atoms with Crippen molar-refractivity contribution in [1.29, 1.82) is 0 Å². The number of aromatic nitrogens is 3. The number of hydrogen-bond donors (Lipinski definition) is 0. The molecule has 0 amide bonds. The first kappa shape index (κ1) is 15.6. The maximum absolute atomic E-state index is 4.55. The van der Waals surface area contributed by atoms with Crippen molar-refractivity contribution in [2.24, 2.45) is 0 Å². The number of anilines is 1. The largest absolute Gasteiger partial charge is 0.355 e. The second kappa shape index (κ2) is 6.20. The molecule has 4 rings (SSSR count). The predicted octanol–water partition coefficient (Wildman–Crippen LogP) is 4.73.